The van der Waals surface area contributed by atoms with Crippen LogP contribution in [0, 0.1) is 6.92 Å². The van der Waals surface area contributed by atoms with Gasteiger partial charge in [-0.3, -0.25) is 0 Å². The Bertz CT molecular complexity index is 505. The third-order valence-electron chi connectivity index (χ3n) is 2.69. The average Bonchev–Trinajstić information content (AvgIpc) is 2.78. The number of nitrogens with one attached hydrogen (secondary N) is 1. The number of thiophene rings is 1. The molecule has 2 rings (SSSR count). The Kier molecular flexibility index (Phi) is 3.82. The van der Waals surface area contributed by atoms with Crippen LogP contribution < -0.4 is 10.1 Å². The molecule has 2 aromatic rings. The van der Waals surface area contributed by atoms with Gasteiger partial charge in [0.15, 0.2) is 0 Å². The number of hydrogen-bond acceptors (Lipinski definition) is 3. The summed E-state index contributed by atoms with van der Waals surface area (Å²) in [5.74, 6) is 0.945. The Balaban J connectivity index is 2.29. The molecule has 90 valence electrons. The molecule has 1 aromatic carbocycles. The summed E-state index contributed by atoms with van der Waals surface area (Å²) in [5, 5.41) is 3.17. The smallest absolute Gasteiger partial charge is 0.121 e. The standard InChI is InChI=1S/C14H17NOS/c1-10-8-11(4-6-13(10)16-3)14-7-5-12(17-14)9-15-2/h4-8,15H,9H2,1-3H3. The van der Waals surface area contributed by atoms with Gasteiger partial charge in [-0.1, -0.05) is 0 Å². The molecule has 0 unspecified atom stereocenters. The second-order valence-corrected chi connectivity index (χ2v) is 5.15. The largest absolute Gasteiger partial charge is 0.496 e. The molecule has 0 spiro atoms. The third-order valence-corrected chi connectivity index (χ3v) is 3.83. The molecule has 0 aliphatic heterocycles. The van der Waals surface area contributed by atoms with Gasteiger partial charge in [0.25, 0.3) is 0 Å². The molecule has 0 saturated carbocycles. The number of aryl methyl sites for hydroxylation is 1. The molecule has 1 N–H and O–H groups in total. The van der Waals surface area contributed by atoms with E-state index in [4.69, 9.17) is 4.74 Å². The average molecular weight is 247 g/mol. The molecule has 0 fully saturated rings. The molecule has 0 atom stereocenters. The van der Waals surface area contributed by atoms with Gasteiger partial charge in [0.1, 0.15) is 5.75 Å². The van der Waals surface area contributed by atoms with Crippen molar-refractivity contribution < 1.29 is 4.74 Å². The van der Waals surface area contributed by atoms with Crippen LogP contribution in [0.1, 0.15) is 10.4 Å². The fraction of sp³-hybridized carbons (Fsp3) is 0.286. The van der Waals surface area contributed by atoms with Crippen LogP contribution in [0.15, 0.2) is 30.3 Å². The fourth-order valence-corrected chi connectivity index (χ4v) is 2.85. The van der Waals surface area contributed by atoms with Gasteiger partial charge in [-0.2, -0.15) is 0 Å². The second kappa shape index (κ2) is 5.34. The summed E-state index contributed by atoms with van der Waals surface area (Å²) in [4.78, 5) is 2.66. The monoisotopic (exact) mass is 247 g/mol. The van der Waals surface area contributed by atoms with Gasteiger partial charge < -0.3 is 10.1 Å². The maximum absolute atomic E-state index is 5.27. The molecule has 0 saturated heterocycles. The van der Waals surface area contributed by atoms with Crippen molar-refractivity contribution in [2.24, 2.45) is 0 Å². The van der Waals surface area contributed by atoms with E-state index in [0.29, 0.717) is 0 Å². The highest BCUT2D eigenvalue weighted by atomic mass is 32.1. The van der Waals surface area contributed by atoms with E-state index in [1.807, 2.05) is 24.5 Å². The molecule has 2 nitrogen and oxygen atoms in total. The first-order chi connectivity index (χ1) is 8.24. The van der Waals surface area contributed by atoms with Crippen LogP contribution >= 0.6 is 11.3 Å². The van der Waals surface area contributed by atoms with Crippen molar-refractivity contribution in [1.29, 1.82) is 0 Å². The number of benzene rings is 1. The van der Waals surface area contributed by atoms with E-state index >= 15 is 0 Å². The first kappa shape index (κ1) is 12.1. The van der Waals surface area contributed by atoms with Crippen LogP contribution in [-0.2, 0) is 6.54 Å². The van der Waals surface area contributed by atoms with Crippen molar-refractivity contribution in [2.75, 3.05) is 14.2 Å². The van der Waals surface area contributed by atoms with Crippen molar-refractivity contribution in [3.05, 3.63) is 40.8 Å². The lowest BCUT2D eigenvalue weighted by Gasteiger charge is -2.05. The van der Waals surface area contributed by atoms with E-state index in [1.165, 1.54) is 20.9 Å². The Morgan fingerprint density at radius 3 is 2.71 bits per heavy atom. The molecular formula is C14H17NOS. The minimum absolute atomic E-state index is 0.930. The summed E-state index contributed by atoms with van der Waals surface area (Å²) in [6.07, 6.45) is 0. The van der Waals surface area contributed by atoms with Crippen LogP contribution in [0.5, 0.6) is 5.75 Å². The Morgan fingerprint density at radius 2 is 2.06 bits per heavy atom. The highest BCUT2D eigenvalue weighted by Gasteiger charge is 2.05. The van der Waals surface area contributed by atoms with Crippen molar-refractivity contribution in [3.63, 3.8) is 0 Å². The highest BCUT2D eigenvalue weighted by Crippen LogP contribution is 2.31. The maximum Gasteiger partial charge on any atom is 0.121 e. The lowest BCUT2D eigenvalue weighted by molar-refractivity contribution is 0.412. The van der Waals surface area contributed by atoms with E-state index < -0.39 is 0 Å². The van der Waals surface area contributed by atoms with Crippen LogP contribution in [0.4, 0.5) is 0 Å². The van der Waals surface area contributed by atoms with Crippen LogP contribution in [0.25, 0.3) is 10.4 Å². The van der Waals surface area contributed by atoms with Crippen molar-refractivity contribution in [1.82, 2.24) is 5.32 Å². The quantitative estimate of drug-likeness (QED) is 0.893. The lowest BCUT2D eigenvalue weighted by atomic mass is 10.1. The SMILES string of the molecule is CNCc1ccc(-c2ccc(OC)c(C)c2)s1. The molecule has 1 heterocycles. The zero-order valence-electron chi connectivity index (χ0n) is 10.4. The van der Waals surface area contributed by atoms with Gasteiger partial charge in [-0.05, 0) is 55.4 Å². The molecule has 1 aromatic heterocycles. The predicted molar refractivity (Wildman–Crippen MR) is 73.8 cm³/mol. The minimum atomic E-state index is 0.930. The van der Waals surface area contributed by atoms with Crippen molar-refractivity contribution in [3.8, 4) is 16.2 Å². The molecule has 0 aliphatic rings. The molecule has 0 bridgehead atoms. The van der Waals surface area contributed by atoms with E-state index in [1.54, 1.807) is 7.11 Å². The number of ether oxygens (including phenoxy) is 1. The van der Waals surface area contributed by atoms with Gasteiger partial charge in [-0.25, -0.2) is 0 Å². The van der Waals surface area contributed by atoms with E-state index in [2.05, 4.69) is 36.5 Å². The second-order valence-electron chi connectivity index (χ2n) is 3.98. The van der Waals surface area contributed by atoms with Gasteiger partial charge in [0, 0.05) is 16.3 Å². The molecule has 0 aliphatic carbocycles. The first-order valence-corrected chi connectivity index (χ1v) is 6.44. The summed E-state index contributed by atoms with van der Waals surface area (Å²) in [5.41, 5.74) is 2.43. The van der Waals surface area contributed by atoms with Crippen LogP contribution in [-0.4, -0.2) is 14.2 Å². The topological polar surface area (TPSA) is 21.3 Å². The third kappa shape index (κ3) is 2.68. The summed E-state index contributed by atoms with van der Waals surface area (Å²) >= 11 is 1.83. The predicted octanol–water partition coefficient (Wildman–Crippen LogP) is 3.45. The lowest BCUT2D eigenvalue weighted by Crippen LogP contribution is -2.02. The summed E-state index contributed by atoms with van der Waals surface area (Å²) in [6.45, 7) is 3.00. The van der Waals surface area contributed by atoms with Crippen molar-refractivity contribution in [2.45, 2.75) is 13.5 Å². The Hall–Kier alpha value is -1.32. The van der Waals surface area contributed by atoms with Crippen LogP contribution in [0.2, 0.25) is 0 Å². The van der Waals surface area contributed by atoms with Gasteiger partial charge in [0.05, 0.1) is 7.11 Å². The van der Waals surface area contributed by atoms with E-state index in [9.17, 15) is 0 Å². The maximum atomic E-state index is 5.27. The van der Waals surface area contributed by atoms with E-state index in [0.717, 1.165) is 12.3 Å². The minimum Gasteiger partial charge on any atom is -0.496 e. The van der Waals surface area contributed by atoms with Crippen LogP contribution in [0.3, 0.4) is 0 Å². The van der Waals surface area contributed by atoms with E-state index in [-0.39, 0.29) is 0 Å². The summed E-state index contributed by atoms with van der Waals surface area (Å²) < 4.78 is 5.27. The molecule has 0 radical (unpaired) electrons. The molecule has 17 heavy (non-hydrogen) atoms. The summed E-state index contributed by atoms with van der Waals surface area (Å²) in [7, 11) is 3.68. The zero-order valence-corrected chi connectivity index (χ0v) is 11.2. The fourth-order valence-electron chi connectivity index (χ4n) is 1.83. The normalized spacial score (nSPS) is 10.5. The zero-order chi connectivity index (χ0) is 12.3. The molecule has 3 heteroatoms. The molecular weight excluding hydrogens is 230 g/mol. The van der Waals surface area contributed by atoms with Gasteiger partial charge in [0.2, 0.25) is 0 Å². The molecule has 0 amide bonds. The number of methoxy groups -OCH3 is 1. The number of hydrogen-bond donors (Lipinski definition) is 1. The van der Waals surface area contributed by atoms with Gasteiger partial charge >= 0.3 is 0 Å². The number of rotatable bonds is 4. The first-order valence-electron chi connectivity index (χ1n) is 5.63. The van der Waals surface area contributed by atoms with Gasteiger partial charge in [-0.15, -0.1) is 11.3 Å². The Labute approximate surface area is 106 Å². The summed E-state index contributed by atoms with van der Waals surface area (Å²) in [6, 6.07) is 10.7. The highest BCUT2D eigenvalue weighted by molar-refractivity contribution is 7.15. The van der Waals surface area contributed by atoms with Crippen molar-refractivity contribution >= 4 is 11.3 Å². The Morgan fingerprint density at radius 1 is 1.24 bits per heavy atom.